The number of hydrogen-bond acceptors (Lipinski definition) is 4. The van der Waals surface area contributed by atoms with Crippen LogP contribution in [0.2, 0.25) is 5.02 Å². The van der Waals surface area contributed by atoms with Crippen LogP contribution in [0.15, 0.2) is 88.1 Å². The fraction of sp³-hybridized carbons (Fsp3) is 0.0400. The van der Waals surface area contributed by atoms with E-state index in [1.165, 1.54) is 0 Å². The van der Waals surface area contributed by atoms with Crippen molar-refractivity contribution in [2.75, 3.05) is 7.11 Å². The fourth-order valence-corrected chi connectivity index (χ4v) is 3.80. The summed E-state index contributed by atoms with van der Waals surface area (Å²) in [7, 11) is 1.63. The quantitative estimate of drug-likeness (QED) is 0.256. The van der Waals surface area contributed by atoms with Crippen molar-refractivity contribution in [2.45, 2.75) is 0 Å². The second kappa shape index (κ2) is 7.32. The lowest BCUT2D eigenvalue weighted by molar-refractivity contribution is 0.415. The molecule has 0 bridgehead atoms. The molecule has 5 aromatic rings. The standard InChI is InChI=1S/C25H16ClNO3/c1-29-18-10-7-16(8-11-18)21-14-19(15-5-3-2-4-6-15)23-24(27-21)20-13-17(26)9-12-22(20)30-25(23)28/h2-14H,1H3. The Labute approximate surface area is 177 Å². The normalized spacial score (nSPS) is 11.1. The van der Waals surface area contributed by atoms with Crippen LogP contribution >= 0.6 is 11.6 Å². The fourth-order valence-electron chi connectivity index (χ4n) is 3.63. The van der Waals surface area contributed by atoms with Gasteiger partial charge in [-0.3, -0.25) is 0 Å². The van der Waals surface area contributed by atoms with Gasteiger partial charge < -0.3 is 9.15 Å². The predicted molar refractivity (Wildman–Crippen MR) is 120 cm³/mol. The van der Waals surface area contributed by atoms with Crippen LogP contribution in [0, 0.1) is 0 Å². The molecule has 0 unspecified atom stereocenters. The average molecular weight is 414 g/mol. The molecule has 0 aliphatic carbocycles. The van der Waals surface area contributed by atoms with Crippen molar-refractivity contribution < 1.29 is 9.15 Å². The topological polar surface area (TPSA) is 52.3 Å². The van der Waals surface area contributed by atoms with Gasteiger partial charge in [0.2, 0.25) is 0 Å². The van der Waals surface area contributed by atoms with Crippen molar-refractivity contribution in [3.8, 4) is 28.1 Å². The number of rotatable bonds is 3. The van der Waals surface area contributed by atoms with Crippen LogP contribution in [0.3, 0.4) is 0 Å². The van der Waals surface area contributed by atoms with Crippen LogP contribution in [0.4, 0.5) is 0 Å². The lowest BCUT2D eigenvalue weighted by Gasteiger charge is -2.11. The molecule has 0 aliphatic rings. The Hall–Kier alpha value is -3.63. The molecule has 0 radical (unpaired) electrons. The summed E-state index contributed by atoms with van der Waals surface area (Å²) in [6, 6.07) is 24.5. The van der Waals surface area contributed by atoms with Crippen LogP contribution in [-0.2, 0) is 0 Å². The highest BCUT2D eigenvalue weighted by atomic mass is 35.5. The number of benzene rings is 3. The van der Waals surface area contributed by atoms with Crippen molar-refractivity contribution in [3.05, 3.63) is 94.3 Å². The van der Waals surface area contributed by atoms with Gasteiger partial charge in [0.15, 0.2) is 0 Å². The molecule has 5 heteroatoms. The summed E-state index contributed by atoms with van der Waals surface area (Å²) in [6.45, 7) is 0. The summed E-state index contributed by atoms with van der Waals surface area (Å²) >= 11 is 6.24. The van der Waals surface area contributed by atoms with Crippen LogP contribution in [-0.4, -0.2) is 12.1 Å². The number of ether oxygens (including phenoxy) is 1. The van der Waals surface area contributed by atoms with E-state index < -0.39 is 5.63 Å². The molecule has 0 amide bonds. The van der Waals surface area contributed by atoms with Crippen LogP contribution < -0.4 is 10.4 Å². The molecule has 0 saturated heterocycles. The Kier molecular flexibility index (Phi) is 4.49. The molecule has 2 aromatic heterocycles. The molecular weight excluding hydrogens is 398 g/mol. The number of nitrogens with zero attached hydrogens (tertiary/aromatic N) is 1. The summed E-state index contributed by atoms with van der Waals surface area (Å²) in [4.78, 5) is 17.8. The average Bonchev–Trinajstić information content (AvgIpc) is 2.79. The van der Waals surface area contributed by atoms with Gasteiger partial charge in [-0.1, -0.05) is 41.9 Å². The van der Waals surface area contributed by atoms with Gasteiger partial charge in [0.1, 0.15) is 11.3 Å². The lowest BCUT2D eigenvalue weighted by Crippen LogP contribution is -2.04. The van der Waals surface area contributed by atoms with E-state index in [1.807, 2.05) is 60.7 Å². The number of aromatic nitrogens is 1. The Balaban J connectivity index is 1.91. The molecule has 4 nitrogen and oxygen atoms in total. The summed E-state index contributed by atoms with van der Waals surface area (Å²) < 4.78 is 10.9. The Morgan fingerprint density at radius 1 is 0.900 bits per heavy atom. The Bertz CT molecular complexity index is 1440. The molecule has 0 fully saturated rings. The zero-order chi connectivity index (χ0) is 20.7. The minimum absolute atomic E-state index is 0.424. The third kappa shape index (κ3) is 3.11. The van der Waals surface area contributed by atoms with Gasteiger partial charge >= 0.3 is 5.63 Å². The first-order chi connectivity index (χ1) is 14.6. The SMILES string of the molecule is COc1ccc(-c2cc(-c3ccccc3)c3c(=O)oc4ccc(Cl)cc4c3n2)cc1. The second-order valence-electron chi connectivity index (χ2n) is 6.90. The third-order valence-electron chi connectivity index (χ3n) is 5.09. The minimum atomic E-state index is -0.424. The van der Waals surface area contributed by atoms with Crippen molar-refractivity contribution >= 4 is 33.5 Å². The first kappa shape index (κ1) is 18.4. The van der Waals surface area contributed by atoms with Gasteiger partial charge in [0.05, 0.1) is 23.7 Å². The molecule has 5 rings (SSSR count). The highest BCUT2D eigenvalue weighted by Gasteiger charge is 2.17. The first-order valence-electron chi connectivity index (χ1n) is 9.41. The molecule has 30 heavy (non-hydrogen) atoms. The van der Waals surface area contributed by atoms with E-state index in [0.29, 0.717) is 26.9 Å². The number of pyridine rings is 1. The molecule has 0 aliphatic heterocycles. The van der Waals surface area contributed by atoms with E-state index in [1.54, 1.807) is 25.3 Å². The molecule has 0 spiro atoms. The van der Waals surface area contributed by atoms with Crippen molar-refractivity contribution in [3.63, 3.8) is 0 Å². The third-order valence-corrected chi connectivity index (χ3v) is 5.33. The van der Waals surface area contributed by atoms with Gasteiger partial charge in [-0.15, -0.1) is 0 Å². The Morgan fingerprint density at radius 2 is 1.67 bits per heavy atom. The van der Waals surface area contributed by atoms with Crippen LogP contribution in [0.5, 0.6) is 5.75 Å². The van der Waals surface area contributed by atoms with E-state index in [-0.39, 0.29) is 0 Å². The summed E-state index contributed by atoms with van der Waals surface area (Å²) in [5.41, 5.74) is 3.93. The maximum absolute atomic E-state index is 12.9. The second-order valence-corrected chi connectivity index (χ2v) is 7.34. The van der Waals surface area contributed by atoms with Crippen LogP contribution in [0.1, 0.15) is 0 Å². The Morgan fingerprint density at radius 3 is 2.40 bits per heavy atom. The monoisotopic (exact) mass is 413 g/mol. The van der Waals surface area contributed by atoms with Gasteiger partial charge in [0, 0.05) is 21.5 Å². The van der Waals surface area contributed by atoms with Gasteiger partial charge in [-0.25, -0.2) is 9.78 Å². The highest BCUT2D eigenvalue weighted by Crippen LogP contribution is 2.34. The largest absolute Gasteiger partial charge is 0.497 e. The molecule has 2 heterocycles. The van der Waals surface area contributed by atoms with E-state index in [9.17, 15) is 4.79 Å². The highest BCUT2D eigenvalue weighted by molar-refractivity contribution is 6.31. The predicted octanol–water partition coefficient (Wildman–Crippen LogP) is 6.34. The molecule has 0 saturated carbocycles. The van der Waals surface area contributed by atoms with E-state index in [0.717, 1.165) is 28.1 Å². The maximum Gasteiger partial charge on any atom is 0.346 e. The lowest BCUT2D eigenvalue weighted by atomic mass is 9.98. The summed E-state index contributed by atoms with van der Waals surface area (Å²) in [5.74, 6) is 0.765. The first-order valence-corrected chi connectivity index (χ1v) is 9.79. The number of hydrogen-bond donors (Lipinski definition) is 0. The number of fused-ring (bicyclic) bond motifs is 3. The van der Waals surface area contributed by atoms with Crippen molar-refractivity contribution in [1.29, 1.82) is 0 Å². The minimum Gasteiger partial charge on any atom is -0.497 e. The summed E-state index contributed by atoms with van der Waals surface area (Å²) in [6.07, 6.45) is 0. The number of halogens is 1. The summed E-state index contributed by atoms with van der Waals surface area (Å²) in [5, 5.41) is 1.69. The zero-order valence-corrected chi connectivity index (χ0v) is 16.8. The zero-order valence-electron chi connectivity index (χ0n) is 16.1. The smallest absolute Gasteiger partial charge is 0.346 e. The van der Waals surface area contributed by atoms with Crippen LogP contribution in [0.25, 0.3) is 44.3 Å². The molecule has 0 N–H and O–H groups in total. The van der Waals surface area contributed by atoms with Gasteiger partial charge in [-0.05, 0) is 54.1 Å². The van der Waals surface area contributed by atoms with E-state index in [4.69, 9.17) is 25.7 Å². The van der Waals surface area contributed by atoms with Gasteiger partial charge in [-0.2, -0.15) is 0 Å². The molecule has 3 aromatic carbocycles. The molecular formula is C25H16ClNO3. The van der Waals surface area contributed by atoms with Crippen molar-refractivity contribution in [2.24, 2.45) is 0 Å². The van der Waals surface area contributed by atoms with E-state index >= 15 is 0 Å². The number of methoxy groups -OCH3 is 1. The van der Waals surface area contributed by atoms with Gasteiger partial charge in [0.25, 0.3) is 0 Å². The maximum atomic E-state index is 12.9. The molecule has 146 valence electrons. The van der Waals surface area contributed by atoms with E-state index in [2.05, 4.69) is 0 Å². The van der Waals surface area contributed by atoms with Crippen molar-refractivity contribution in [1.82, 2.24) is 4.98 Å². The molecule has 0 atom stereocenters.